The highest BCUT2D eigenvalue weighted by Gasteiger charge is 2.15. The van der Waals surface area contributed by atoms with E-state index in [1.165, 1.54) is 0 Å². The van der Waals surface area contributed by atoms with Crippen molar-refractivity contribution >= 4 is 5.69 Å². The normalized spacial score (nSPS) is 10.3. The second-order valence-corrected chi connectivity index (χ2v) is 4.01. The largest absolute Gasteiger partial charge is 0.330 e. The average Bonchev–Trinajstić information content (AvgIpc) is 2.40. The van der Waals surface area contributed by atoms with Crippen molar-refractivity contribution in [2.45, 2.75) is 6.42 Å². The number of rotatable bonds is 4. The van der Waals surface area contributed by atoms with Gasteiger partial charge in [0, 0.05) is 6.07 Å². The molecule has 0 aliphatic carbocycles. The van der Waals surface area contributed by atoms with E-state index in [2.05, 4.69) is 0 Å². The molecule has 0 fully saturated rings. The van der Waals surface area contributed by atoms with Gasteiger partial charge in [-0.05, 0) is 30.2 Å². The van der Waals surface area contributed by atoms with Crippen molar-refractivity contribution in [1.82, 2.24) is 0 Å². The van der Waals surface area contributed by atoms with Gasteiger partial charge in [0.25, 0.3) is 5.69 Å². The Morgan fingerprint density at radius 3 is 2.44 bits per heavy atom. The molecule has 0 bridgehead atoms. The molecule has 0 aromatic heterocycles. The fraction of sp³-hybridized carbons (Fsp3) is 0.143. The SMILES string of the molecule is NCCc1ccc(-c2ccccc2)c([N+](=O)[O-])c1. The van der Waals surface area contributed by atoms with E-state index in [9.17, 15) is 10.1 Å². The van der Waals surface area contributed by atoms with E-state index < -0.39 is 0 Å². The maximum atomic E-state index is 11.1. The van der Waals surface area contributed by atoms with Crippen molar-refractivity contribution in [2.24, 2.45) is 5.73 Å². The van der Waals surface area contributed by atoms with E-state index in [0.717, 1.165) is 11.1 Å². The maximum Gasteiger partial charge on any atom is 0.277 e. The van der Waals surface area contributed by atoms with E-state index in [1.54, 1.807) is 12.1 Å². The van der Waals surface area contributed by atoms with Gasteiger partial charge in [0.1, 0.15) is 0 Å². The number of hydrogen-bond donors (Lipinski definition) is 1. The predicted octanol–water partition coefficient (Wildman–Crippen LogP) is 2.76. The first-order valence-corrected chi connectivity index (χ1v) is 5.75. The summed E-state index contributed by atoms with van der Waals surface area (Å²) in [6.45, 7) is 0.488. The summed E-state index contributed by atoms with van der Waals surface area (Å²) in [5.74, 6) is 0. The molecule has 4 nitrogen and oxygen atoms in total. The zero-order valence-corrected chi connectivity index (χ0v) is 9.87. The van der Waals surface area contributed by atoms with Gasteiger partial charge in [-0.25, -0.2) is 0 Å². The highest BCUT2D eigenvalue weighted by atomic mass is 16.6. The van der Waals surface area contributed by atoms with Gasteiger partial charge in [-0.1, -0.05) is 36.4 Å². The number of nitro benzene ring substituents is 1. The van der Waals surface area contributed by atoms with Crippen LogP contribution in [-0.4, -0.2) is 11.5 Å². The quantitative estimate of drug-likeness (QED) is 0.662. The lowest BCUT2D eigenvalue weighted by atomic mass is 10.0. The van der Waals surface area contributed by atoms with Crippen molar-refractivity contribution in [2.75, 3.05) is 6.54 Å². The smallest absolute Gasteiger partial charge is 0.277 e. The van der Waals surface area contributed by atoms with Crippen molar-refractivity contribution in [1.29, 1.82) is 0 Å². The topological polar surface area (TPSA) is 69.2 Å². The minimum Gasteiger partial charge on any atom is -0.330 e. The van der Waals surface area contributed by atoms with E-state index in [0.29, 0.717) is 18.5 Å². The van der Waals surface area contributed by atoms with E-state index in [-0.39, 0.29) is 10.6 Å². The Bertz CT molecular complexity index is 553. The van der Waals surface area contributed by atoms with Crippen LogP contribution < -0.4 is 5.73 Å². The van der Waals surface area contributed by atoms with Gasteiger partial charge >= 0.3 is 0 Å². The summed E-state index contributed by atoms with van der Waals surface area (Å²) in [4.78, 5) is 10.8. The zero-order chi connectivity index (χ0) is 13.0. The van der Waals surface area contributed by atoms with E-state index >= 15 is 0 Å². The lowest BCUT2D eigenvalue weighted by Crippen LogP contribution is -2.03. The highest BCUT2D eigenvalue weighted by Crippen LogP contribution is 2.30. The fourth-order valence-corrected chi connectivity index (χ4v) is 1.91. The van der Waals surface area contributed by atoms with Crippen LogP contribution in [-0.2, 0) is 6.42 Å². The van der Waals surface area contributed by atoms with E-state index in [1.807, 2.05) is 36.4 Å². The Labute approximate surface area is 105 Å². The summed E-state index contributed by atoms with van der Waals surface area (Å²) in [6.07, 6.45) is 0.649. The van der Waals surface area contributed by atoms with Crippen LogP contribution >= 0.6 is 0 Å². The molecule has 0 heterocycles. The van der Waals surface area contributed by atoms with Crippen molar-refractivity contribution in [3.63, 3.8) is 0 Å². The molecule has 92 valence electrons. The second-order valence-electron chi connectivity index (χ2n) is 4.01. The maximum absolute atomic E-state index is 11.1. The van der Waals surface area contributed by atoms with Crippen LogP contribution in [0.1, 0.15) is 5.56 Å². The van der Waals surface area contributed by atoms with Gasteiger partial charge in [-0.15, -0.1) is 0 Å². The average molecular weight is 242 g/mol. The Hall–Kier alpha value is -2.20. The highest BCUT2D eigenvalue weighted by molar-refractivity contribution is 5.73. The summed E-state index contributed by atoms with van der Waals surface area (Å²) in [5, 5.41) is 11.1. The van der Waals surface area contributed by atoms with Crippen molar-refractivity contribution in [3.8, 4) is 11.1 Å². The molecular weight excluding hydrogens is 228 g/mol. The number of nitro groups is 1. The molecule has 2 aromatic rings. The Kier molecular flexibility index (Phi) is 3.69. The lowest BCUT2D eigenvalue weighted by molar-refractivity contribution is -0.384. The molecule has 4 heteroatoms. The van der Waals surface area contributed by atoms with Crippen LogP contribution in [0.5, 0.6) is 0 Å². The fourth-order valence-electron chi connectivity index (χ4n) is 1.91. The molecule has 0 saturated heterocycles. The third kappa shape index (κ3) is 2.55. The Morgan fingerprint density at radius 2 is 1.83 bits per heavy atom. The molecule has 0 aliphatic rings. The molecule has 2 aromatic carbocycles. The summed E-state index contributed by atoms with van der Waals surface area (Å²) in [5.41, 5.74) is 7.98. The number of hydrogen-bond acceptors (Lipinski definition) is 3. The van der Waals surface area contributed by atoms with Gasteiger partial charge in [0.2, 0.25) is 0 Å². The minimum atomic E-state index is -0.345. The number of nitrogens with two attached hydrogens (primary N) is 1. The second kappa shape index (κ2) is 5.42. The first kappa shape index (κ1) is 12.3. The minimum absolute atomic E-state index is 0.132. The lowest BCUT2D eigenvalue weighted by Gasteiger charge is -2.05. The summed E-state index contributed by atoms with van der Waals surface area (Å²) >= 11 is 0. The first-order valence-electron chi connectivity index (χ1n) is 5.75. The molecule has 0 spiro atoms. The van der Waals surface area contributed by atoms with Gasteiger partial charge in [-0.2, -0.15) is 0 Å². The molecule has 0 aliphatic heterocycles. The first-order chi connectivity index (χ1) is 8.72. The third-order valence-electron chi connectivity index (χ3n) is 2.78. The van der Waals surface area contributed by atoms with Crippen LogP contribution in [0.2, 0.25) is 0 Å². The van der Waals surface area contributed by atoms with Gasteiger partial charge in [0.05, 0.1) is 10.5 Å². The molecule has 0 atom stereocenters. The molecule has 0 unspecified atom stereocenters. The van der Waals surface area contributed by atoms with Gasteiger partial charge < -0.3 is 5.73 Å². The monoisotopic (exact) mass is 242 g/mol. The van der Waals surface area contributed by atoms with Crippen LogP contribution in [0.25, 0.3) is 11.1 Å². The molecule has 0 saturated carbocycles. The zero-order valence-electron chi connectivity index (χ0n) is 9.87. The van der Waals surface area contributed by atoms with Crippen LogP contribution in [0.3, 0.4) is 0 Å². The van der Waals surface area contributed by atoms with Crippen LogP contribution in [0, 0.1) is 10.1 Å². The van der Waals surface area contributed by atoms with Crippen molar-refractivity contribution in [3.05, 3.63) is 64.2 Å². The summed E-state index contributed by atoms with van der Waals surface area (Å²) in [7, 11) is 0. The van der Waals surface area contributed by atoms with Gasteiger partial charge in [0.15, 0.2) is 0 Å². The summed E-state index contributed by atoms with van der Waals surface area (Å²) in [6, 6.07) is 14.6. The molecule has 0 amide bonds. The van der Waals surface area contributed by atoms with Crippen LogP contribution in [0.15, 0.2) is 48.5 Å². The standard InChI is InChI=1S/C14H14N2O2/c15-9-8-11-6-7-13(14(10-11)16(17)18)12-4-2-1-3-5-12/h1-7,10H,8-9,15H2. The predicted molar refractivity (Wildman–Crippen MR) is 71.3 cm³/mol. The Balaban J connectivity index is 2.51. The van der Waals surface area contributed by atoms with Gasteiger partial charge in [-0.3, -0.25) is 10.1 Å². The molecular formula is C14H14N2O2. The number of benzene rings is 2. The third-order valence-corrected chi connectivity index (χ3v) is 2.78. The van der Waals surface area contributed by atoms with E-state index in [4.69, 9.17) is 5.73 Å². The van der Waals surface area contributed by atoms with Crippen LogP contribution in [0.4, 0.5) is 5.69 Å². The summed E-state index contributed by atoms with van der Waals surface area (Å²) < 4.78 is 0. The van der Waals surface area contributed by atoms with Crippen molar-refractivity contribution < 1.29 is 4.92 Å². The molecule has 2 N–H and O–H groups in total. The number of nitrogens with zero attached hydrogens (tertiary/aromatic N) is 1. The molecule has 2 rings (SSSR count). The Morgan fingerprint density at radius 1 is 1.11 bits per heavy atom. The molecule has 18 heavy (non-hydrogen) atoms. The molecule has 0 radical (unpaired) electrons.